The molecule has 6 heteroatoms. The number of aromatic nitrogens is 4. The van der Waals surface area contributed by atoms with Gasteiger partial charge in [-0.25, -0.2) is 9.07 Å². The van der Waals surface area contributed by atoms with Crippen molar-refractivity contribution in [2.45, 2.75) is 13.3 Å². The Hall–Kier alpha value is -1.95. The minimum Gasteiger partial charge on any atom is -0.327 e. The minimum absolute atomic E-state index is 0.263. The summed E-state index contributed by atoms with van der Waals surface area (Å²) in [5.74, 6) is -0.263. The fourth-order valence-corrected chi connectivity index (χ4v) is 2.58. The molecule has 98 valence electrons. The lowest BCUT2D eigenvalue weighted by Gasteiger charge is -2.04. The molecule has 0 aliphatic carbocycles. The second-order valence-corrected chi connectivity index (χ2v) is 4.75. The van der Waals surface area contributed by atoms with Gasteiger partial charge >= 0.3 is 0 Å². The molecule has 19 heavy (non-hydrogen) atoms. The number of halogens is 1. The van der Waals surface area contributed by atoms with Crippen molar-refractivity contribution in [1.29, 1.82) is 0 Å². The molecule has 0 aliphatic rings. The van der Waals surface area contributed by atoms with Crippen LogP contribution in [0, 0.1) is 10.6 Å². The van der Waals surface area contributed by atoms with Crippen molar-refractivity contribution >= 4 is 23.4 Å². The van der Waals surface area contributed by atoms with E-state index in [1.165, 1.54) is 12.1 Å². The van der Waals surface area contributed by atoms with E-state index in [1.807, 2.05) is 18.5 Å². The lowest BCUT2D eigenvalue weighted by molar-refractivity contribution is 0.627. The molecule has 0 atom stereocenters. The Balaban J connectivity index is 2.34. The van der Waals surface area contributed by atoms with Gasteiger partial charge in [-0.1, -0.05) is 6.92 Å². The second kappa shape index (κ2) is 4.31. The van der Waals surface area contributed by atoms with E-state index < -0.39 is 0 Å². The summed E-state index contributed by atoms with van der Waals surface area (Å²) < 4.78 is 17.3. The van der Waals surface area contributed by atoms with E-state index in [0.717, 1.165) is 29.0 Å². The van der Waals surface area contributed by atoms with Crippen molar-refractivity contribution < 1.29 is 4.39 Å². The topological polar surface area (TPSA) is 38.5 Å². The molecule has 0 bridgehead atoms. The normalized spacial score (nSPS) is 11.3. The zero-order chi connectivity index (χ0) is 13.6. The summed E-state index contributed by atoms with van der Waals surface area (Å²) in [4.78, 5) is 3.18. The summed E-state index contributed by atoms with van der Waals surface area (Å²) in [6.45, 7) is 2.05. The first-order valence-electron chi connectivity index (χ1n) is 6.04. The first-order valence-corrected chi connectivity index (χ1v) is 6.45. The standard InChI is InChI=1S/C13H13FN4S/c1-3-10-11-12(17(2)16-10)18(13(19)15-11)9-6-4-8(14)5-7-9/h4-7H,3H2,1-2H3,(H,15,19). The van der Waals surface area contributed by atoms with Crippen molar-refractivity contribution in [2.75, 3.05) is 0 Å². The van der Waals surface area contributed by atoms with E-state index in [0.29, 0.717) is 4.77 Å². The molecule has 1 aromatic carbocycles. The molecule has 0 saturated carbocycles. The van der Waals surface area contributed by atoms with Gasteiger partial charge < -0.3 is 4.98 Å². The average molecular weight is 276 g/mol. The molecule has 1 N–H and O–H groups in total. The maximum absolute atomic E-state index is 13.0. The number of nitrogens with one attached hydrogen (secondary N) is 1. The molecule has 0 unspecified atom stereocenters. The van der Waals surface area contributed by atoms with Gasteiger partial charge in [-0.3, -0.25) is 4.57 Å². The highest BCUT2D eigenvalue weighted by Gasteiger charge is 2.15. The molecule has 0 aliphatic heterocycles. The molecule has 2 heterocycles. The quantitative estimate of drug-likeness (QED) is 0.730. The highest BCUT2D eigenvalue weighted by atomic mass is 32.1. The lowest BCUT2D eigenvalue weighted by atomic mass is 10.3. The highest BCUT2D eigenvalue weighted by molar-refractivity contribution is 7.71. The number of aromatic amines is 1. The van der Waals surface area contributed by atoms with E-state index in [2.05, 4.69) is 10.1 Å². The molecule has 2 aromatic heterocycles. The molecule has 0 fully saturated rings. The van der Waals surface area contributed by atoms with Crippen molar-refractivity contribution in [3.8, 4) is 5.69 Å². The van der Waals surface area contributed by atoms with Crippen molar-refractivity contribution in [1.82, 2.24) is 19.3 Å². The number of benzene rings is 1. The van der Waals surface area contributed by atoms with Crippen molar-refractivity contribution in [3.63, 3.8) is 0 Å². The number of H-pyrrole nitrogens is 1. The number of rotatable bonds is 2. The Kier molecular flexibility index (Phi) is 2.74. The van der Waals surface area contributed by atoms with Crippen LogP contribution in [0.25, 0.3) is 16.9 Å². The summed E-state index contributed by atoms with van der Waals surface area (Å²) in [7, 11) is 1.88. The van der Waals surface area contributed by atoms with Gasteiger partial charge in [0.05, 0.1) is 11.4 Å². The van der Waals surface area contributed by atoms with Crippen molar-refractivity contribution in [3.05, 3.63) is 40.5 Å². The summed E-state index contributed by atoms with van der Waals surface area (Å²) in [6, 6.07) is 6.26. The molecule has 4 nitrogen and oxygen atoms in total. The van der Waals surface area contributed by atoms with Crippen LogP contribution in [0.2, 0.25) is 0 Å². The third kappa shape index (κ3) is 1.79. The van der Waals surface area contributed by atoms with Crippen LogP contribution in [0.3, 0.4) is 0 Å². The monoisotopic (exact) mass is 276 g/mol. The molecule has 3 aromatic rings. The summed E-state index contributed by atoms with van der Waals surface area (Å²) >= 11 is 5.36. The largest absolute Gasteiger partial charge is 0.327 e. The van der Waals surface area contributed by atoms with Crippen molar-refractivity contribution in [2.24, 2.45) is 7.05 Å². The van der Waals surface area contributed by atoms with Crippen LogP contribution in [0.4, 0.5) is 4.39 Å². The zero-order valence-electron chi connectivity index (χ0n) is 10.6. The summed E-state index contributed by atoms with van der Waals surface area (Å²) in [6.07, 6.45) is 0.829. The predicted molar refractivity (Wildman–Crippen MR) is 74.6 cm³/mol. The summed E-state index contributed by atoms with van der Waals surface area (Å²) in [5.41, 5.74) is 3.64. The SMILES string of the molecule is CCc1nn(C)c2c1[nH]c(=S)n2-c1ccc(F)cc1. The van der Waals surface area contributed by atoms with E-state index in [1.54, 1.807) is 16.8 Å². The van der Waals surface area contributed by atoms with E-state index in [4.69, 9.17) is 12.2 Å². The average Bonchev–Trinajstić information content (AvgIpc) is 2.88. The first kappa shape index (κ1) is 12.1. The number of fused-ring (bicyclic) bond motifs is 1. The predicted octanol–water partition coefficient (Wildman–Crippen LogP) is 3.12. The maximum atomic E-state index is 13.0. The summed E-state index contributed by atoms with van der Waals surface area (Å²) in [5, 5.41) is 4.46. The zero-order valence-corrected chi connectivity index (χ0v) is 11.5. The number of imidazole rings is 1. The fourth-order valence-electron chi connectivity index (χ4n) is 2.29. The van der Waals surface area contributed by atoms with Gasteiger partial charge in [0.25, 0.3) is 0 Å². The molecule has 0 spiro atoms. The van der Waals surface area contributed by atoms with Gasteiger partial charge in [-0.2, -0.15) is 5.10 Å². The first-order chi connectivity index (χ1) is 9.11. The van der Waals surface area contributed by atoms with Crippen LogP contribution in [0.15, 0.2) is 24.3 Å². The van der Waals surface area contributed by atoms with Gasteiger partial charge in [0.1, 0.15) is 11.3 Å². The molecular weight excluding hydrogens is 263 g/mol. The van der Waals surface area contributed by atoms with Crippen LogP contribution >= 0.6 is 12.2 Å². The molecule has 0 radical (unpaired) electrons. The van der Waals surface area contributed by atoms with Gasteiger partial charge in [-0.05, 0) is 42.9 Å². The van der Waals surface area contributed by atoms with E-state index in [-0.39, 0.29) is 5.82 Å². The minimum atomic E-state index is -0.263. The van der Waals surface area contributed by atoms with Crippen LogP contribution in [0.5, 0.6) is 0 Å². The number of nitrogens with zero attached hydrogens (tertiary/aromatic N) is 3. The number of aryl methyl sites for hydroxylation is 2. The number of hydrogen-bond acceptors (Lipinski definition) is 2. The van der Waals surface area contributed by atoms with Gasteiger partial charge in [-0.15, -0.1) is 0 Å². The Labute approximate surface area is 114 Å². The lowest BCUT2D eigenvalue weighted by Crippen LogP contribution is -2.01. The number of hydrogen-bond donors (Lipinski definition) is 1. The highest BCUT2D eigenvalue weighted by Crippen LogP contribution is 2.22. The smallest absolute Gasteiger partial charge is 0.184 e. The Morgan fingerprint density at radius 1 is 1.32 bits per heavy atom. The van der Waals surface area contributed by atoms with E-state index in [9.17, 15) is 4.39 Å². The molecule has 3 rings (SSSR count). The Morgan fingerprint density at radius 3 is 2.63 bits per heavy atom. The maximum Gasteiger partial charge on any atom is 0.184 e. The van der Waals surface area contributed by atoms with Gasteiger partial charge in [0.15, 0.2) is 10.4 Å². The van der Waals surface area contributed by atoms with E-state index >= 15 is 0 Å². The third-order valence-corrected chi connectivity index (χ3v) is 3.44. The fraction of sp³-hybridized carbons (Fsp3) is 0.231. The molecule has 0 saturated heterocycles. The van der Waals surface area contributed by atoms with Crippen LogP contribution in [-0.4, -0.2) is 19.3 Å². The Bertz CT molecular complexity index is 795. The second-order valence-electron chi connectivity index (χ2n) is 4.36. The van der Waals surface area contributed by atoms with Gasteiger partial charge in [0.2, 0.25) is 0 Å². The van der Waals surface area contributed by atoms with Crippen LogP contribution < -0.4 is 0 Å². The molecular formula is C13H13FN4S. The van der Waals surface area contributed by atoms with Gasteiger partial charge in [0, 0.05) is 7.05 Å². The third-order valence-electron chi connectivity index (χ3n) is 3.16. The Morgan fingerprint density at radius 2 is 2.00 bits per heavy atom. The van der Waals surface area contributed by atoms with Crippen LogP contribution in [0.1, 0.15) is 12.6 Å². The molecule has 0 amide bonds. The van der Waals surface area contributed by atoms with Crippen LogP contribution in [-0.2, 0) is 13.5 Å².